The van der Waals surface area contributed by atoms with Gasteiger partial charge < -0.3 is 9.84 Å². The summed E-state index contributed by atoms with van der Waals surface area (Å²) < 4.78 is 5.43. The van der Waals surface area contributed by atoms with Crippen molar-refractivity contribution < 1.29 is 9.84 Å². The van der Waals surface area contributed by atoms with E-state index >= 15 is 0 Å². The summed E-state index contributed by atoms with van der Waals surface area (Å²) in [6, 6.07) is 0. The van der Waals surface area contributed by atoms with Gasteiger partial charge in [0, 0.05) is 7.11 Å². The van der Waals surface area contributed by atoms with Gasteiger partial charge >= 0.3 is 0 Å². The van der Waals surface area contributed by atoms with Gasteiger partial charge in [-0.25, -0.2) is 0 Å². The molecule has 1 N–H and O–H groups in total. The Bertz CT molecular complexity index is 152. The van der Waals surface area contributed by atoms with E-state index in [1.54, 1.807) is 13.2 Å². The number of methoxy groups -OCH3 is 1. The zero-order valence-corrected chi connectivity index (χ0v) is 9.86. The molecule has 0 spiro atoms. The minimum Gasteiger partial charge on any atom is -0.392 e. The fourth-order valence-corrected chi connectivity index (χ4v) is 1.76. The van der Waals surface area contributed by atoms with Crippen LogP contribution in [-0.2, 0) is 4.74 Å². The highest BCUT2D eigenvalue weighted by Gasteiger charge is 2.16. The zero-order valence-electron chi connectivity index (χ0n) is 9.86. The van der Waals surface area contributed by atoms with Crippen molar-refractivity contribution in [2.75, 3.05) is 13.7 Å². The van der Waals surface area contributed by atoms with Crippen LogP contribution in [0, 0.1) is 11.8 Å². The molecule has 2 heteroatoms. The van der Waals surface area contributed by atoms with Crippen LogP contribution in [0.3, 0.4) is 0 Å². The molecule has 2 unspecified atom stereocenters. The molecule has 0 aromatic rings. The normalized spacial score (nSPS) is 16.4. The van der Waals surface area contributed by atoms with Gasteiger partial charge in [0.05, 0.1) is 12.7 Å². The number of hydrogen-bond acceptors (Lipinski definition) is 2. The van der Waals surface area contributed by atoms with E-state index in [0.717, 1.165) is 6.42 Å². The Morgan fingerprint density at radius 2 is 1.86 bits per heavy atom. The van der Waals surface area contributed by atoms with E-state index in [1.165, 1.54) is 6.42 Å². The second kappa shape index (κ2) is 8.01. The fourth-order valence-electron chi connectivity index (χ4n) is 1.76. The summed E-state index contributed by atoms with van der Waals surface area (Å²) in [4.78, 5) is 0. The monoisotopic (exact) mass is 200 g/mol. The summed E-state index contributed by atoms with van der Waals surface area (Å²) in [5, 5.41) is 8.61. The van der Waals surface area contributed by atoms with Crippen LogP contribution in [0.25, 0.3) is 0 Å². The average Bonchev–Trinajstić information content (AvgIpc) is 2.11. The Labute approximate surface area is 88.0 Å². The van der Waals surface area contributed by atoms with E-state index in [9.17, 15) is 0 Å². The van der Waals surface area contributed by atoms with Gasteiger partial charge in [0.25, 0.3) is 0 Å². The highest BCUT2D eigenvalue weighted by Crippen LogP contribution is 2.19. The lowest BCUT2D eigenvalue weighted by Crippen LogP contribution is -2.21. The third-order valence-electron chi connectivity index (χ3n) is 2.42. The molecule has 2 atom stereocenters. The molecular weight excluding hydrogens is 176 g/mol. The summed E-state index contributed by atoms with van der Waals surface area (Å²) in [7, 11) is 1.76. The molecule has 0 saturated carbocycles. The van der Waals surface area contributed by atoms with Crippen molar-refractivity contribution in [3.05, 3.63) is 12.2 Å². The van der Waals surface area contributed by atoms with Crippen molar-refractivity contribution >= 4 is 0 Å². The van der Waals surface area contributed by atoms with E-state index in [1.807, 2.05) is 6.08 Å². The van der Waals surface area contributed by atoms with Crippen molar-refractivity contribution in [3.8, 4) is 0 Å². The second-order valence-electron chi connectivity index (χ2n) is 4.27. The quantitative estimate of drug-likeness (QED) is 0.640. The standard InChI is InChI=1S/C12H24O2/c1-10(2)9-11(3)12(14-4)7-5-6-8-13/h5-6,10-13H,7-9H2,1-4H3. The molecule has 0 rings (SSSR count). The van der Waals surface area contributed by atoms with Crippen LogP contribution < -0.4 is 0 Å². The van der Waals surface area contributed by atoms with E-state index < -0.39 is 0 Å². The molecule has 0 heterocycles. The van der Waals surface area contributed by atoms with Gasteiger partial charge in [0.15, 0.2) is 0 Å². The topological polar surface area (TPSA) is 29.5 Å². The van der Waals surface area contributed by atoms with Gasteiger partial charge in [0.2, 0.25) is 0 Å². The van der Waals surface area contributed by atoms with Crippen LogP contribution in [0.5, 0.6) is 0 Å². The first kappa shape index (κ1) is 13.7. The molecular formula is C12H24O2. The molecule has 84 valence electrons. The molecule has 0 aliphatic heterocycles. The Hall–Kier alpha value is -0.340. The summed E-state index contributed by atoms with van der Waals surface area (Å²) >= 11 is 0. The van der Waals surface area contributed by atoms with Crippen molar-refractivity contribution in [2.24, 2.45) is 11.8 Å². The molecule has 0 amide bonds. The third kappa shape index (κ3) is 6.17. The first-order valence-corrected chi connectivity index (χ1v) is 5.40. The first-order valence-electron chi connectivity index (χ1n) is 5.40. The lowest BCUT2D eigenvalue weighted by Gasteiger charge is -2.22. The second-order valence-corrected chi connectivity index (χ2v) is 4.27. The Morgan fingerprint density at radius 1 is 1.21 bits per heavy atom. The lowest BCUT2D eigenvalue weighted by molar-refractivity contribution is 0.0530. The van der Waals surface area contributed by atoms with Crippen molar-refractivity contribution in [3.63, 3.8) is 0 Å². The zero-order chi connectivity index (χ0) is 11.0. The van der Waals surface area contributed by atoms with E-state index in [-0.39, 0.29) is 12.7 Å². The number of rotatable bonds is 7. The molecule has 0 aromatic heterocycles. The van der Waals surface area contributed by atoms with Crippen LogP contribution in [0.4, 0.5) is 0 Å². The summed E-state index contributed by atoms with van der Waals surface area (Å²) in [5.41, 5.74) is 0. The maximum atomic E-state index is 8.61. The van der Waals surface area contributed by atoms with Gasteiger partial charge in [-0.1, -0.05) is 32.9 Å². The van der Waals surface area contributed by atoms with Crippen LogP contribution in [0.1, 0.15) is 33.6 Å². The SMILES string of the molecule is COC(CC=CCO)C(C)CC(C)C. The molecule has 0 aliphatic rings. The predicted molar refractivity (Wildman–Crippen MR) is 60.3 cm³/mol. The largest absolute Gasteiger partial charge is 0.392 e. The molecule has 0 aliphatic carbocycles. The number of aliphatic hydroxyl groups excluding tert-OH is 1. The first-order chi connectivity index (χ1) is 6.61. The maximum absolute atomic E-state index is 8.61. The minimum absolute atomic E-state index is 0.120. The molecule has 0 aromatic carbocycles. The van der Waals surface area contributed by atoms with Crippen LogP contribution in [0.2, 0.25) is 0 Å². The van der Waals surface area contributed by atoms with Gasteiger partial charge in [-0.05, 0) is 24.7 Å². The number of ether oxygens (including phenoxy) is 1. The molecule has 0 radical (unpaired) electrons. The van der Waals surface area contributed by atoms with E-state index in [4.69, 9.17) is 9.84 Å². The highest BCUT2D eigenvalue weighted by molar-refractivity contribution is 4.85. The van der Waals surface area contributed by atoms with Gasteiger partial charge in [-0.2, -0.15) is 0 Å². The number of hydrogen-bond donors (Lipinski definition) is 1. The summed E-state index contributed by atoms with van der Waals surface area (Å²) in [6.45, 7) is 6.80. The van der Waals surface area contributed by atoms with Crippen LogP contribution >= 0.6 is 0 Å². The smallest absolute Gasteiger partial charge is 0.0631 e. The van der Waals surface area contributed by atoms with Crippen LogP contribution in [0.15, 0.2) is 12.2 Å². The van der Waals surface area contributed by atoms with Crippen LogP contribution in [-0.4, -0.2) is 24.9 Å². The van der Waals surface area contributed by atoms with Crippen molar-refractivity contribution in [2.45, 2.75) is 39.7 Å². The fraction of sp³-hybridized carbons (Fsp3) is 0.833. The highest BCUT2D eigenvalue weighted by atomic mass is 16.5. The average molecular weight is 200 g/mol. The van der Waals surface area contributed by atoms with Gasteiger partial charge in [-0.3, -0.25) is 0 Å². The molecule has 0 saturated heterocycles. The Morgan fingerprint density at radius 3 is 2.29 bits per heavy atom. The third-order valence-corrected chi connectivity index (χ3v) is 2.42. The van der Waals surface area contributed by atoms with Gasteiger partial charge in [-0.15, -0.1) is 0 Å². The van der Waals surface area contributed by atoms with Crippen molar-refractivity contribution in [1.29, 1.82) is 0 Å². The summed E-state index contributed by atoms with van der Waals surface area (Å²) in [6.07, 6.45) is 6.12. The lowest BCUT2D eigenvalue weighted by atomic mass is 9.92. The summed E-state index contributed by atoms with van der Waals surface area (Å²) in [5.74, 6) is 1.29. The maximum Gasteiger partial charge on any atom is 0.0631 e. The van der Waals surface area contributed by atoms with Crippen molar-refractivity contribution in [1.82, 2.24) is 0 Å². The number of aliphatic hydroxyl groups is 1. The van der Waals surface area contributed by atoms with E-state index in [0.29, 0.717) is 11.8 Å². The predicted octanol–water partition coefficient (Wildman–Crippen LogP) is 2.62. The molecule has 0 fully saturated rings. The van der Waals surface area contributed by atoms with Gasteiger partial charge in [0.1, 0.15) is 0 Å². The molecule has 2 nitrogen and oxygen atoms in total. The minimum atomic E-state index is 0.120. The molecule has 0 bridgehead atoms. The van der Waals surface area contributed by atoms with E-state index in [2.05, 4.69) is 20.8 Å². The Kier molecular flexibility index (Phi) is 7.81. The molecule has 14 heavy (non-hydrogen) atoms. The Balaban J connectivity index is 3.92.